The molecule has 0 heterocycles. The molecule has 3 aliphatic carbocycles. The molecule has 158 valence electrons. The second-order valence-corrected chi connectivity index (χ2v) is 9.83. The lowest BCUT2D eigenvalue weighted by Crippen LogP contribution is -2.53. The highest BCUT2D eigenvalue weighted by atomic mass is 16.4. The van der Waals surface area contributed by atoms with Crippen molar-refractivity contribution in [2.24, 2.45) is 34.5 Å². The third-order valence-corrected chi connectivity index (χ3v) is 8.83. The van der Waals surface area contributed by atoms with Crippen LogP contribution >= 0.6 is 0 Å². The number of carbonyl (C=O) groups excluding carboxylic acids is 2. The first-order valence-electron chi connectivity index (χ1n) is 11.2. The van der Waals surface area contributed by atoms with Gasteiger partial charge in [-0.1, -0.05) is 13.8 Å². The van der Waals surface area contributed by atoms with Gasteiger partial charge in [0.25, 0.3) is 0 Å². The van der Waals surface area contributed by atoms with Gasteiger partial charge in [0, 0.05) is 37.3 Å². The van der Waals surface area contributed by atoms with E-state index in [1.807, 2.05) is 25.7 Å². The molecule has 0 aromatic heterocycles. The Kier molecular flexibility index (Phi) is 5.94. The number of nitrogens with zero attached hydrogens (tertiary/aromatic N) is 1. The van der Waals surface area contributed by atoms with Crippen LogP contribution in [0.3, 0.4) is 0 Å². The fourth-order valence-electron chi connectivity index (χ4n) is 7.12. The zero-order valence-corrected chi connectivity index (χ0v) is 18.0. The van der Waals surface area contributed by atoms with Crippen molar-refractivity contribution in [1.82, 2.24) is 4.90 Å². The lowest BCUT2D eigenvalue weighted by molar-refractivity contribution is -0.152. The summed E-state index contributed by atoms with van der Waals surface area (Å²) < 4.78 is 0. The van der Waals surface area contributed by atoms with Gasteiger partial charge in [-0.2, -0.15) is 0 Å². The van der Waals surface area contributed by atoms with Crippen LogP contribution in [0.15, 0.2) is 0 Å². The Morgan fingerprint density at radius 1 is 1.07 bits per heavy atom. The number of carboxylic acids is 1. The highest BCUT2D eigenvalue weighted by Gasteiger charge is 2.60. The van der Waals surface area contributed by atoms with Crippen LogP contribution in [0.4, 0.5) is 0 Å². The topological polar surface area (TPSA) is 74.7 Å². The quantitative estimate of drug-likeness (QED) is 0.738. The molecule has 28 heavy (non-hydrogen) atoms. The van der Waals surface area contributed by atoms with Crippen LogP contribution in [0.2, 0.25) is 0 Å². The summed E-state index contributed by atoms with van der Waals surface area (Å²) >= 11 is 0. The molecular weight excluding hydrogens is 354 g/mol. The van der Waals surface area contributed by atoms with Crippen molar-refractivity contribution in [2.45, 2.75) is 79.1 Å². The van der Waals surface area contributed by atoms with E-state index in [1.54, 1.807) is 0 Å². The van der Waals surface area contributed by atoms with Gasteiger partial charge in [-0.25, -0.2) is 0 Å². The first-order chi connectivity index (χ1) is 13.2. The molecule has 0 saturated heterocycles. The number of aliphatic carboxylic acids is 1. The van der Waals surface area contributed by atoms with Gasteiger partial charge in [-0.3, -0.25) is 14.4 Å². The van der Waals surface area contributed by atoms with E-state index in [9.17, 15) is 19.5 Å². The van der Waals surface area contributed by atoms with Gasteiger partial charge in [-0.15, -0.1) is 0 Å². The predicted octanol–water partition coefficient (Wildman–Crippen LogP) is 4.15. The number of Topliss-reactive ketones (excluding diaryl/α,β-unsaturated/α-hetero) is 1. The minimum Gasteiger partial charge on any atom is -0.481 e. The third-order valence-electron chi connectivity index (χ3n) is 8.83. The molecule has 1 N–H and O–H groups in total. The molecule has 6 atom stereocenters. The lowest BCUT2D eigenvalue weighted by atomic mass is 9.48. The van der Waals surface area contributed by atoms with Gasteiger partial charge >= 0.3 is 5.97 Å². The molecule has 0 aromatic rings. The first-order valence-corrected chi connectivity index (χ1v) is 11.2. The second-order valence-electron chi connectivity index (χ2n) is 9.83. The van der Waals surface area contributed by atoms with E-state index in [2.05, 4.69) is 6.92 Å². The summed E-state index contributed by atoms with van der Waals surface area (Å²) in [5.74, 6) is 1.05. The molecule has 0 spiro atoms. The second kappa shape index (κ2) is 7.79. The summed E-state index contributed by atoms with van der Waals surface area (Å²) in [6.07, 6.45) is 5.95. The summed E-state index contributed by atoms with van der Waals surface area (Å²) in [5.41, 5.74) is -0.488. The Bertz CT molecular complexity index is 643. The molecule has 0 unspecified atom stereocenters. The van der Waals surface area contributed by atoms with Gasteiger partial charge in [0.1, 0.15) is 5.78 Å². The summed E-state index contributed by atoms with van der Waals surface area (Å²) in [5, 5.41) is 9.17. The fraction of sp³-hybridized carbons (Fsp3) is 0.870. The SMILES string of the molecule is CCN(CC)C(=O)[C@H]1CC[C@@H]2[C@H]3CCC(=O)[C@@](C)(CCC(=O)O)[C@@H]3CC[C@]12C. The number of hydrogen-bond acceptors (Lipinski definition) is 3. The maximum atomic E-state index is 13.2. The average molecular weight is 392 g/mol. The number of carboxylic acid groups (broad SMARTS) is 1. The van der Waals surface area contributed by atoms with Crippen molar-refractivity contribution in [3.63, 3.8) is 0 Å². The van der Waals surface area contributed by atoms with Crippen LogP contribution in [0.25, 0.3) is 0 Å². The molecule has 5 heteroatoms. The van der Waals surface area contributed by atoms with Crippen molar-refractivity contribution in [2.75, 3.05) is 13.1 Å². The molecule has 0 aromatic carbocycles. The molecule has 3 saturated carbocycles. The smallest absolute Gasteiger partial charge is 0.303 e. The van der Waals surface area contributed by atoms with Gasteiger partial charge in [-0.05, 0) is 75.5 Å². The van der Waals surface area contributed by atoms with E-state index >= 15 is 0 Å². The largest absolute Gasteiger partial charge is 0.481 e. The van der Waals surface area contributed by atoms with Crippen molar-refractivity contribution < 1.29 is 19.5 Å². The number of ketones is 1. The van der Waals surface area contributed by atoms with Gasteiger partial charge in [0.15, 0.2) is 0 Å². The lowest BCUT2D eigenvalue weighted by Gasteiger charge is -2.55. The van der Waals surface area contributed by atoms with Crippen molar-refractivity contribution in [1.29, 1.82) is 0 Å². The number of carbonyl (C=O) groups is 3. The highest BCUT2D eigenvalue weighted by molar-refractivity contribution is 5.86. The molecule has 3 fully saturated rings. The Morgan fingerprint density at radius 3 is 2.36 bits per heavy atom. The zero-order valence-electron chi connectivity index (χ0n) is 18.0. The molecule has 1 amide bonds. The van der Waals surface area contributed by atoms with E-state index < -0.39 is 11.4 Å². The molecule has 0 aliphatic heterocycles. The van der Waals surface area contributed by atoms with Crippen LogP contribution in [0.5, 0.6) is 0 Å². The summed E-state index contributed by atoms with van der Waals surface area (Å²) in [4.78, 5) is 39.2. The van der Waals surface area contributed by atoms with E-state index in [1.165, 1.54) is 0 Å². The van der Waals surface area contributed by atoms with Gasteiger partial charge in [0.05, 0.1) is 0 Å². The minimum atomic E-state index is -0.817. The van der Waals surface area contributed by atoms with Crippen molar-refractivity contribution >= 4 is 17.7 Å². The molecule has 0 radical (unpaired) electrons. The standard InChI is InChI=1S/C23H37NO4/c1-5-24(6-2)21(28)18-9-8-16-15-7-10-19(25)23(4,14-12-20(26)27)17(15)11-13-22(16,18)3/h15-18H,5-14H2,1-4H3,(H,26,27)/t15-,16-,17-,18-,22+,23+/m1/s1. The first kappa shape index (κ1) is 21.3. The number of fused-ring (bicyclic) bond motifs is 3. The number of amides is 1. The van der Waals surface area contributed by atoms with E-state index in [-0.39, 0.29) is 29.5 Å². The molecule has 5 nitrogen and oxygen atoms in total. The molecule has 0 bridgehead atoms. The predicted molar refractivity (Wildman–Crippen MR) is 108 cm³/mol. The summed E-state index contributed by atoms with van der Waals surface area (Å²) in [6.45, 7) is 9.96. The van der Waals surface area contributed by atoms with E-state index in [0.717, 1.165) is 45.2 Å². The van der Waals surface area contributed by atoms with E-state index in [0.29, 0.717) is 30.6 Å². The van der Waals surface area contributed by atoms with Gasteiger partial charge < -0.3 is 10.0 Å². The molecule has 3 aliphatic rings. The van der Waals surface area contributed by atoms with Crippen LogP contribution in [-0.4, -0.2) is 40.8 Å². The van der Waals surface area contributed by atoms with E-state index in [4.69, 9.17) is 0 Å². The molecular formula is C23H37NO4. The summed E-state index contributed by atoms with van der Waals surface area (Å²) in [7, 11) is 0. The normalized spacial score (nSPS) is 39.9. The minimum absolute atomic E-state index is 0.0228. The Labute approximate surface area is 169 Å². The zero-order chi connectivity index (χ0) is 20.7. The van der Waals surface area contributed by atoms with Crippen LogP contribution in [-0.2, 0) is 14.4 Å². The van der Waals surface area contributed by atoms with Crippen LogP contribution in [0, 0.1) is 34.5 Å². The summed E-state index contributed by atoms with van der Waals surface area (Å²) in [6, 6.07) is 0. The Hall–Kier alpha value is -1.39. The maximum absolute atomic E-state index is 13.2. The number of rotatable bonds is 6. The fourth-order valence-corrected chi connectivity index (χ4v) is 7.12. The Morgan fingerprint density at radius 2 is 1.75 bits per heavy atom. The maximum Gasteiger partial charge on any atom is 0.303 e. The van der Waals surface area contributed by atoms with Crippen LogP contribution in [0.1, 0.15) is 79.1 Å². The average Bonchev–Trinajstić information content (AvgIpc) is 3.01. The van der Waals surface area contributed by atoms with Gasteiger partial charge in [0.2, 0.25) is 5.91 Å². The monoisotopic (exact) mass is 391 g/mol. The third kappa shape index (κ3) is 3.29. The Balaban J connectivity index is 1.84. The highest BCUT2D eigenvalue weighted by Crippen LogP contribution is 2.64. The van der Waals surface area contributed by atoms with Crippen molar-refractivity contribution in [3.8, 4) is 0 Å². The van der Waals surface area contributed by atoms with Crippen molar-refractivity contribution in [3.05, 3.63) is 0 Å². The van der Waals surface area contributed by atoms with Crippen LogP contribution < -0.4 is 0 Å². The number of hydrogen-bond donors (Lipinski definition) is 1. The molecule has 3 rings (SSSR count).